The van der Waals surface area contributed by atoms with E-state index >= 15 is 0 Å². The Morgan fingerprint density at radius 3 is 2.55 bits per heavy atom. The highest BCUT2D eigenvalue weighted by atomic mass is 16.2. The first-order chi connectivity index (χ1) is 10.4. The van der Waals surface area contributed by atoms with Crippen LogP contribution in [-0.2, 0) is 4.79 Å². The maximum absolute atomic E-state index is 12.1. The van der Waals surface area contributed by atoms with Gasteiger partial charge in [0.05, 0.1) is 12.6 Å². The van der Waals surface area contributed by atoms with Crippen molar-refractivity contribution in [2.75, 3.05) is 31.1 Å². The molecule has 1 amide bonds. The highest BCUT2D eigenvalue weighted by molar-refractivity contribution is 5.78. The van der Waals surface area contributed by atoms with E-state index in [1.165, 1.54) is 17.7 Å². The molecule has 0 aromatic heterocycles. The van der Waals surface area contributed by atoms with E-state index in [1.807, 2.05) is 4.90 Å². The predicted molar refractivity (Wildman–Crippen MR) is 89.8 cm³/mol. The minimum atomic E-state index is 0.0819. The van der Waals surface area contributed by atoms with Gasteiger partial charge in [-0.2, -0.15) is 0 Å². The molecule has 0 aliphatic carbocycles. The lowest BCUT2D eigenvalue weighted by molar-refractivity contribution is -0.129. The first-order valence-corrected chi connectivity index (χ1v) is 8.22. The normalized spacial score (nSPS) is 26.9. The number of rotatable bonds is 2. The minimum absolute atomic E-state index is 0.0819. The van der Waals surface area contributed by atoms with Crippen molar-refractivity contribution in [2.24, 2.45) is 17.1 Å². The molecule has 3 fully saturated rings. The van der Waals surface area contributed by atoms with Gasteiger partial charge in [-0.25, -0.2) is 0 Å². The summed E-state index contributed by atoms with van der Waals surface area (Å²) in [7, 11) is 0. The average Bonchev–Trinajstić information content (AvgIpc) is 2.74. The van der Waals surface area contributed by atoms with Gasteiger partial charge in [0.15, 0.2) is 0 Å². The van der Waals surface area contributed by atoms with Gasteiger partial charge in [-0.1, -0.05) is 31.5 Å². The van der Waals surface area contributed by atoms with E-state index in [4.69, 9.17) is 5.73 Å². The lowest BCUT2D eigenvalue weighted by atomic mass is 9.73. The van der Waals surface area contributed by atoms with Gasteiger partial charge in [0.1, 0.15) is 0 Å². The number of hydrogen-bond donors (Lipinski definition) is 1. The molecule has 0 saturated carbocycles. The summed E-state index contributed by atoms with van der Waals surface area (Å²) < 4.78 is 0. The summed E-state index contributed by atoms with van der Waals surface area (Å²) in [5.74, 6) is 0.601. The molecule has 22 heavy (non-hydrogen) atoms. The Morgan fingerprint density at radius 1 is 1.23 bits per heavy atom. The number of aryl methyl sites for hydroxylation is 1. The molecule has 2 N–H and O–H groups in total. The molecule has 0 unspecified atom stereocenters. The van der Waals surface area contributed by atoms with Crippen LogP contribution in [0.4, 0.5) is 5.69 Å². The van der Waals surface area contributed by atoms with E-state index in [1.54, 1.807) is 0 Å². The fourth-order valence-corrected chi connectivity index (χ4v) is 4.19. The Balaban J connectivity index is 1.93. The number of anilines is 1. The van der Waals surface area contributed by atoms with Crippen LogP contribution in [0, 0.1) is 18.3 Å². The summed E-state index contributed by atoms with van der Waals surface area (Å²) >= 11 is 0. The van der Waals surface area contributed by atoms with Crippen LogP contribution in [0.15, 0.2) is 24.3 Å². The summed E-state index contributed by atoms with van der Waals surface area (Å²) in [6.07, 6.45) is 1.17. The summed E-state index contributed by atoms with van der Waals surface area (Å²) in [4.78, 5) is 16.6. The Kier molecular flexibility index (Phi) is 3.89. The van der Waals surface area contributed by atoms with Crippen molar-refractivity contribution in [3.05, 3.63) is 29.8 Å². The third-order valence-corrected chi connectivity index (χ3v) is 5.31. The average molecular weight is 301 g/mol. The predicted octanol–water partition coefficient (Wildman–Crippen LogP) is 2.02. The van der Waals surface area contributed by atoms with Crippen LogP contribution >= 0.6 is 0 Å². The molecule has 0 radical (unpaired) electrons. The number of piperidine rings is 1. The number of hydrogen-bond acceptors (Lipinski definition) is 3. The molecule has 0 spiro atoms. The van der Waals surface area contributed by atoms with Gasteiger partial charge in [0.2, 0.25) is 5.91 Å². The maximum Gasteiger partial charge on any atom is 0.236 e. The monoisotopic (exact) mass is 301 g/mol. The Morgan fingerprint density at radius 2 is 1.91 bits per heavy atom. The molecule has 1 aromatic carbocycles. The van der Waals surface area contributed by atoms with E-state index in [0.717, 1.165) is 19.6 Å². The van der Waals surface area contributed by atoms with Gasteiger partial charge in [-0.15, -0.1) is 0 Å². The number of fused-ring (bicyclic) bond motifs is 4. The SMILES string of the molecule is Cc1ccc(N2C[C@H]3CN(C(=O)CN)C[C@@H]2C(C)(C)C3)cc1. The molecule has 3 aliphatic heterocycles. The number of nitrogens with two attached hydrogens (primary N) is 1. The standard InChI is InChI=1S/C18H27N3O/c1-13-4-6-15(7-5-13)21-11-14-8-18(2,3)16(21)12-20(10-14)17(22)9-19/h4-7,14,16H,8-12,19H2,1-3H3/t14-,16-/m1/s1. The smallest absolute Gasteiger partial charge is 0.236 e. The van der Waals surface area contributed by atoms with Crippen molar-refractivity contribution >= 4 is 11.6 Å². The number of benzene rings is 1. The molecule has 3 aliphatic rings. The molecule has 2 atom stereocenters. The van der Waals surface area contributed by atoms with Crippen LogP contribution in [0.2, 0.25) is 0 Å². The molecule has 4 rings (SSSR count). The highest BCUT2D eigenvalue weighted by Gasteiger charge is 2.46. The van der Waals surface area contributed by atoms with Crippen LogP contribution in [0.3, 0.4) is 0 Å². The van der Waals surface area contributed by atoms with E-state index < -0.39 is 0 Å². The highest BCUT2D eigenvalue weighted by Crippen LogP contribution is 2.43. The van der Waals surface area contributed by atoms with E-state index in [9.17, 15) is 4.79 Å². The van der Waals surface area contributed by atoms with Crippen molar-refractivity contribution in [1.29, 1.82) is 0 Å². The quantitative estimate of drug-likeness (QED) is 0.909. The molecule has 4 nitrogen and oxygen atoms in total. The molecule has 4 heteroatoms. The fraction of sp³-hybridized carbons (Fsp3) is 0.611. The number of carbonyl (C=O) groups is 1. The summed E-state index contributed by atoms with van der Waals surface area (Å²) in [6, 6.07) is 9.11. The van der Waals surface area contributed by atoms with Crippen LogP contribution in [0.5, 0.6) is 0 Å². The topological polar surface area (TPSA) is 49.6 Å². The summed E-state index contributed by atoms with van der Waals surface area (Å²) in [5.41, 5.74) is 8.35. The zero-order valence-corrected chi connectivity index (χ0v) is 13.9. The lowest BCUT2D eigenvalue weighted by Gasteiger charge is -2.48. The molecule has 3 heterocycles. The van der Waals surface area contributed by atoms with Crippen LogP contribution in [0.25, 0.3) is 0 Å². The first kappa shape index (κ1) is 15.3. The Bertz CT molecular complexity index is 552. The van der Waals surface area contributed by atoms with E-state index in [2.05, 4.69) is 49.9 Å². The van der Waals surface area contributed by atoms with Gasteiger partial charge >= 0.3 is 0 Å². The van der Waals surface area contributed by atoms with Crippen molar-refractivity contribution in [2.45, 2.75) is 33.2 Å². The first-order valence-electron chi connectivity index (χ1n) is 8.22. The zero-order valence-electron chi connectivity index (χ0n) is 13.9. The number of carbonyl (C=O) groups excluding carboxylic acids is 1. The van der Waals surface area contributed by atoms with Gasteiger partial charge in [0, 0.05) is 25.3 Å². The third kappa shape index (κ3) is 2.72. The van der Waals surface area contributed by atoms with Crippen LogP contribution < -0.4 is 10.6 Å². The van der Waals surface area contributed by atoms with Gasteiger partial charge in [-0.05, 0) is 36.8 Å². The second-order valence-corrected chi connectivity index (χ2v) is 7.57. The Hall–Kier alpha value is -1.55. The van der Waals surface area contributed by atoms with Gasteiger partial charge in [0.25, 0.3) is 0 Å². The molecule has 3 saturated heterocycles. The van der Waals surface area contributed by atoms with Gasteiger partial charge in [-0.3, -0.25) is 4.79 Å². The van der Waals surface area contributed by atoms with Crippen molar-refractivity contribution in [1.82, 2.24) is 4.90 Å². The second kappa shape index (κ2) is 5.58. The zero-order chi connectivity index (χ0) is 15.9. The minimum Gasteiger partial charge on any atom is -0.366 e. The van der Waals surface area contributed by atoms with Gasteiger partial charge < -0.3 is 15.5 Å². The van der Waals surface area contributed by atoms with E-state index in [0.29, 0.717) is 12.0 Å². The molecular formula is C18H27N3O. The van der Waals surface area contributed by atoms with Crippen molar-refractivity contribution < 1.29 is 4.79 Å². The number of amides is 1. The van der Waals surface area contributed by atoms with E-state index in [-0.39, 0.29) is 17.9 Å². The molecule has 1 aromatic rings. The largest absolute Gasteiger partial charge is 0.366 e. The van der Waals surface area contributed by atoms with Crippen LogP contribution in [-0.4, -0.2) is 43.0 Å². The van der Waals surface area contributed by atoms with Crippen molar-refractivity contribution in [3.8, 4) is 0 Å². The lowest BCUT2D eigenvalue weighted by Crippen LogP contribution is -2.54. The maximum atomic E-state index is 12.1. The molecule has 120 valence electrons. The summed E-state index contributed by atoms with van der Waals surface area (Å²) in [5, 5.41) is 0. The molecule has 2 bridgehead atoms. The second-order valence-electron chi connectivity index (χ2n) is 7.57. The summed E-state index contributed by atoms with van der Waals surface area (Å²) in [6.45, 7) is 9.56. The Labute approximate surface area is 133 Å². The van der Waals surface area contributed by atoms with Crippen LogP contribution in [0.1, 0.15) is 25.8 Å². The third-order valence-electron chi connectivity index (χ3n) is 5.31. The molecular weight excluding hydrogens is 274 g/mol. The number of nitrogens with zero attached hydrogens (tertiary/aromatic N) is 2. The fourth-order valence-electron chi connectivity index (χ4n) is 4.19. The van der Waals surface area contributed by atoms with Crippen molar-refractivity contribution in [3.63, 3.8) is 0 Å².